The average molecular weight is 814 g/mol. The minimum atomic E-state index is 0.851. The van der Waals surface area contributed by atoms with E-state index in [1.54, 1.807) is 0 Å². The molecule has 14 rings (SSSR count). The number of furan rings is 1. The van der Waals surface area contributed by atoms with E-state index in [0.29, 0.717) is 0 Å². The molecule has 0 aliphatic heterocycles. The van der Waals surface area contributed by atoms with Gasteiger partial charge in [-0.15, -0.1) is 0 Å². The van der Waals surface area contributed by atoms with Crippen LogP contribution in [-0.4, -0.2) is 13.7 Å². The van der Waals surface area contributed by atoms with Crippen LogP contribution < -0.4 is 0 Å². The van der Waals surface area contributed by atoms with Crippen molar-refractivity contribution in [3.05, 3.63) is 224 Å². The molecule has 0 atom stereocenters. The minimum Gasteiger partial charge on any atom is -0.455 e. The van der Waals surface area contributed by atoms with E-state index in [1.165, 1.54) is 54.4 Å². The van der Waals surface area contributed by atoms with Crippen LogP contribution in [0.5, 0.6) is 0 Å². The molecule has 0 saturated carbocycles. The van der Waals surface area contributed by atoms with Gasteiger partial charge in [0.1, 0.15) is 11.2 Å². The van der Waals surface area contributed by atoms with Crippen molar-refractivity contribution in [2.45, 2.75) is 0 Å². The van der Waals surface area contributed by atoms with Crippen LogP contribution in [0.1, 0.15) is 0 Å². The predicted molar refractivity (Wildman–Crippen MR) is 265 cm³/mol. The number of hydrogen-bond acceptors (Lipinski definition) is 1. The Kier molecular flexibility index (Phi) is 7.28. The summed E-state index contributed by atoms with van der Waals surface area (Å²) in [7, 11) is 0. The Balaban J connectivity index is 0.987. The van der Waals surface area contributed by atoms with Crippen molar-refractivity contribution in [1.29, 1.82) is 0 Å². The normalized spacial score (nSPS) is 11.9. The molecule has 64 heavy (non-hydrogen) atoms. The van der Waals surface area contributed by atoms with Crippen LogP contribution >= 0.6 is 0 Å². The number of hydrogen-bond donors (Lipinski definition) is 0. The van der Waals surface area contributed by atoms with Crippen molar-refractivity contribution in [3.8, 4) is 39.3 Å². The molecule has 0 aliphatic carbocycles. The lowest BCUT2D eigenvalue weighted by molar-refractivity contribution is 0.670. The molecule has 0 spiro atoms. The van der Waals surface area contributed by atoms with E-state index in [-0.39, 0.29) is 0 Å². The van der Waals surface area contributed by atoms with Gasteiger partial charge in [-0.1, -0.05) is 133 Å². The minimum absolute atomic E-state index is 0.851. The third-order valence-electron chi connectivity index (χ3n) is 13.3. The molecular weight excluding hydrogens is 779 g/mol. The van der Waals surface area contributed by atoms with Crippen molar-refractivity contribution in [1.82, 2.24) is 13.7 Å². The monoisotopic (exact) mass is 813 g/mol. The first kappa shape index (κ1) is 34.9. The van der Waals surface area contributed by atoms with E-state index >= 15 is 0 Å². The van der Waals surface area contributed by atoms with Gasteiger partial charge in [0.15, 0.2) is 0 Å². The van der Waals surface area contributed by atoms with Crippen molar-refractivity contribution in [2.75, 3.05) is 0 Å². The molecule has 0 amide bonds. The first-order valence-corrected chi connectivity index (χ1v) is 21.8. The Morgan fingerprint density at radius 2 is 0.844 bits per heavy atom. The zero-order valence-corrected chi connectivity index (χ0v) is 34.5. The van der Waals surface area contributed by atoms with Crippen LogP contribution in [0.25, 0.3) is 127 Å². The molecule has 4 heteroatoms. The van der Waals surface area contributed by atoms with E-state index in [1.807, 2.05) is 18.2 Å². The van der Waals surface area contributed by atoms with Crippen LogP contribution in [0.3, 0.4) is 0 Å². The van der Waals surface area contributed by atoms with Gasteiger partial charge in [-0.3, -0.25) is 0 Å². The van der Waals surface area contributed by atoms with Gasteiger partial charge in [-0.05, 0) is 96.6 Å². The summed E-state index contributed by atoms with van der Waals surface area (Å²) >= 11 is 0. The first-order valence-electron chi connectivity index (χ1n) is 21.8. The average Bonchev–Trinajstić information content (AvgIpc) is 4.11. The van der Waals surface area contributed by atoms with Crippen LogP contribution in [0.4, 0.5) is 0 Å². The summed E-state index contributed by atoms with van der Waals surface area (Å²) in [5.74, 6) is 0. The van der Waals surface area contributed by atoms with E-state index in [9.17, 15) is 0 Å². The zero-order chi connectivity index (χ0) is 41.9. The Morgan fingerprint density at radius 3 is 1.45 bits per heavy atom. The van der Waals surface area contributed by atoms with Crippen LogP contribution in [0.2, 0.25) is 0 Å². The van der Waals surface area contributed by atoms with Gasteiger partial charge in [0.2, 0.25) is 0 Å². The number of aromatic nitrogens is 3. The standard InChI is InChI=1S/C60H35N3O/c1-2-16-38(17-3-1)41-18-4-5-19-42(41)47-32-35-57(59-48-24-10-15-29-58(48)64-60(47)59)63-54-28-14-9-23-46(54)50-37-40(31-34-56(50)63)62-53-27-13-8-22-45(53)49-36-39(30-33-55(49)62)61-51-25-11-6-20-43(51)44-21-7-12-26-52(44)61/h1-3,5-17,19-37H. The lowest BCUT2D eigenvalue weighted by Crippen LogP contribution is -1.97. The maximum atomic E-state index is 6.87. The summed E-state index contributed by atoms with van der Waals surface area (Å²) in [5, 5.41) is 9.50. The van der Waals surface area contributed by atoms with Crippen molar-refractivity contribution < 1.29 is 4.42 Å². The molecule has 10 aromatic carbocycles. The maximum absolute atomic E-state index is 6.87. The highest BCUT2D eigenvalue weighted by molar-refractivity contribution is 6.18. The Bertz CT molecular complexity index is 4140. The number of benzene rings is 9. The quantitative estimate of drug-likeness (QED) is 0.170. The summed E-state index contributed by atoms with van der Waals surface area (Å²) in [5.41, 5.74) is 16.2. The highest BCUT2D eigenvalue weighted by Gasteiger charge is 2.23. The van der Waals surface area contributed by atoms with E-state index in [0.717, 1.165) is 72.3 Å². The molecule has 0 fully saturated rings. The van der Waals surface area contributed by atoms with Gasteiger partial charge in [-0.2, -0.15) is 0 Å². The second kappa shape index (κ2) is 13.4. The molecule has 0 N–H and O–H groups in total. The second-order valence-electron chi connectivity index (χ2n) is 16.7. The summed E-state index contributed by atoms with van der Waals surface area (Å²) in [6.07, 6.45) is 0. The molecule has 0 unspecified atom stereocenters. The van der Waals surface area contributed by atoms with Gasteiger partial charge in [0.05, 0.1) is 44.2 Å². The van der Waals surface area contributed by atoms with Crippen LogP contribution in [-0.2, 0) is 0 Å². The van der Waals surface area contributed by atoms with Gasteiger partial charge < -0.3 is 18.1 Å². The molecule has 296 valence electrons. The van der Waals surface area contributed by atoms with Crippen LogP contribution in [0.15, 0.2) is 217 Å². The Morgan fingerprint density at radius 1 is 0.359 bits per heavy atom. The van der Waals surface area contributed by atoms with E-state index < -0.39 is 0 Å². The van der Waals surface area contributed by atoms with Crippen molar-refractivity contribution in [2.24, 2.45) is 0 Å². The van der Waals surface area contributed by atoms with Gasteiger partial charge in [0.25, 0.3) is 0 Å². The van der Waals surface area contributed by atoms with Gasteiger partial charge in [0, 0.05) is 65.8 Å². The summed E-state index contributed by atoms with van der Waals surface area (Å²) in [6.45, 7) is 0. The molecule has 4 nitrogen and oxygen atoms in total. The van der Waals surface area contributed by atoms with E-state index in [4.69, 9.17) is 4.42 Å². The summed E-state index contributed by atoms with van der Waals surface area (Å²) in [6, 6.07) is 83.0. The van der Waals surface area contributed by atoms with Crippen molar-refractivity contribution >= 4 is 87.4 Å². The third-order valence-corrected chi connectivity index (χ3v) is 13.3. The fourth-order valence-electron chi connectivity index (χ4n) is 10.6. The Hall–Kier alpha value is -8.78. The number of rotatable bonds is 5. The third kappa shape index (κ3) is 4.89. The van der Waals surface area contributed by atoms with Crippen LogP contribution in [0, 0.1) is 12.1 Å². The summed E-state index contributed by atoms with van der Waals surface area (Å²) < 4.78 is 14.1. The molecule has 4 heterocycles. The molecule has 0 aliphatic rings. The predicted octanol–water partition coefficient (Wildman–Crippen LogP) is 15.8. The molecule has 14 aromatic rings. The zero-order valence-electron chi connectivity index (χ0n) is 34.5. The number of nitrogens with zero attached hydrogens (tertiary/aromatic N) is 3. The maximum Gasteiger partial charge on any atom is 0.145 e. The SMILES string of the molecule is c1ccc(-c2ccc(-n3c4ccccc4c4cc(-n5c6ccccc6c6cc(-n7c8ccccc8c8ccccc87)ccc65)ccc43)c3c2oc2ccccc23)c(-c2ccccc2)c#1. The van der Waals surface area contributed by atoms with Gasteiger partial charge in [-0.25, -0.2) is 0 Å². The molecule has 0 bridgehead atoms. The molecule has 0 saturated heterocycles. The number of fused-ring (bicyclic) bond motifs is 12. The highest BCUT2D eigenvalue weighted by atomic mass is 16.3. The lowest BCUT2D eigenvalue weighted by atomic mass is 9.94. The first-order chi connectivity index (χ1) is 31.8. The van der Waals surface area contributed by atoms with Crippen molar-refractivity contribution in [3.63, 3.8) is 0 Å². The molecule has 4 aromatic heterocycles. The second-order valence-corrected chi connectivity index (χ2v) is 16.7. The molecular formula is C60H35N3O. The molecule has 0 radical (unpaired) electrons. The summed E-state index contributed by atoms with van der Waals surface area (Å²) in [4.78, 5) is 0. The fraction of sp³-hybridized carbons (Fsp3) is 0. The smallest absolute Gasteiger partial charge is 0.145 e. The lowest BCUT2D eigenvalue weighted by Gasteiger charge is -2.14. The Labute approximate surface area is 367 Å². The van der Waals surface area contributed by atoms with Gasteiger partial charge >= 0.3 is 0 Å². The highest BCUT2D eigenvalue weighted by Crippen LogP contribution is 2.45. The topological polar surface area (TPSA) is 27.9 Å². The number of para-hydroxylation sites is 5. The fourth-order valence-corrected chi connectivity index (χ4v) is 10.6. The largest absolute Gasteiger partial charge is 0.455 e. The van der Waals surface area contributed by atoms with E-state index in [2.05, 4.69) is 220 Å².